The van der Waals surface area contributed by atoms with Crippen LogP contribution in [0.5, 0.6) is 0 Å². The molecule has 4 N–H and O–H groups in total. The lowest BCUT2D eigenvalue weighted by molar-refractivity contribution is 0.0691. The molecule has 0 bridgehead atoms. The Kier molecular flexibility index (Phi) is 3.71. The van der Waals surface area contributed by atoms with Gasteiger partial charge in [0.25, 0.3) is 5.91 Å². The zero-order chi connectivity index (χ0) is 13.8. The molecule has 0 aliphatic carbocycles. The first-order chi connectivity index (χ1) is 9.08. The van der Waals surface area contributed by atoms with E-state index in [1.807, 2.05) is 0 Å². The van der Waals surface area contributed by atoms with Crippen molar-refractivity contribution >= 4 is 28.9 Å². The van der Waals surface area contributed by atoms with Gasteiger partial charge in [-0.3, -0.25) is 4.79 Å². The van der Waals surface area contributed by atoms with E-state index in [1.165, 1.54) is 11.6 Å². The molecule has 2 aromatic rings. The van der Waals surface area contributed by atoms with Gasteiger partial charge in [0.1, 0.15) is 5.01 Å². The Balaban J connectivity index is 2.00. The number of aromatic nitrogens is 2. The van der Waals surface area contributed by atoms with Crippen molar-refractivity contribution in [2.24, 2.45) is 0 Å². The molecular weight excluding hydrogens is 268 g/mol. The summed E-state index contributed by atoms with van der Waals surface area (Å²) in [5.41, 5.74) is 6.00. The molecule has 0 fully saturated rings. The molecule has 0 unspecified atom stereocenters. The topological polar surface area (TPSA) is 118 Å². The third kappa shape index (κ3) is 3.05. The molecule has 1 amide bonds. The number of carboxylic acids is 1. The summed E-state index contributed by atoms with van der Waals surface area (Å²) in [6, 6.07) is 3.21. The number of rotatable bonds is 4. The maximum atomic E-state index is 11.8. The number of amides is 1. The van der Waals surface area contributed by atoms with Crippen molar-refractivity contribution in [2.45, 2.75) is 6.54 Å². The van der Waals surface area contributed by atoms with E-state index >= 15 is 0 Å². The van der Waals surface area contributed by atoms with Gasteiger partial charge < -0.3 is 16.2 Å². The van der Waals surface area contributed by atoms with Gasteiger partial charge in [0.05, 0.1) is 12.2 Å². The van der Waals surface area contributed by atoms with Gasteiger partial charge in [-0.2, -0.15) is 0 Å². The van der Waals surface area contributed by atoms with Crippen molar-refractivity contribution in [2.75, 3.05) is 5.73 Å². The minimum atomic E-state index is -1.09. The Hall–Kier alpha value is -2.48. The normalized spacial score (nSPS) is 10.1. The Bertz CT molecular complexity index is 626. The Morgan fingerprint density at radius 3 is 2.89 bits per heavy atom. The summed E-state index contributed by atoms with van der Waals surface area (Å²) in [7, 11) is 0. The van der Waals surface area contributed by atoms with E-state index in [4.69, 9.17) is 10.8 Å². The first kappa shape index (κ1) is 13.0. The molecule has 8 heteroatoms. The monoisotopic (exact) mass is 278 g/mol. The number of pyridine rings is 1. The smallest absolute Gasteiger partial charge is 0.355 e. The second kappa shape index (κ2) is 5.44. The highest BCUT2D eigenvalue weighted by molar-refractivity contribution is 7.09. The zero-order valence-corrected chi connectivity index (χ0v) is 10.5. The van der Waals surface area contributed by atoms with Crippen molar-refractivity contribution in [1.82, 2.24) is 15.3 Å². The molecule has 0 atom stereocenters. The van der Waals surface area contributed by atoms with E-state index in [-0.39, 0.29) is 23.6 Å². The number of carboxylic acid groups (broad SMARTS) is 1. The molecule has 98 valence electrons. The Morgan fingerprint density at radius 2 is 2.26 bits per heavy atom. The van der Waals surface area contributed by atoms with E-state index in [1.54, 1.807) is 12.1 Å². The van der Waals surface area contributed by atoms with Crippen molar-refractivity contribution < 1.29 is 14.7 Å². The van der Waals surface area contributed by atoms with Crippen LogP contribution in [0.4, 0.5) is 5.69 Å². The van der Waals surface area contributed by atoms with Crippen LogP contribution in [0.25, 0.3) is 0 Å². The minimum absolute atomic E-state index is 0.0356. The number of nitrogens with one attached hydrogen (secondary N) is 1. The molecule has 19 heavy (non-hydrogen) atoms. The van der Waals surface area contributed by atoms with Gasteiger partial charge in [-0.25, -0.2) is 14.8 Å². The van der Waals surface area contributed by atoms with Gasteiger partial charge in [0, 0.05) is 11.6 Å². The lowest BCUT2D eigenvalue weighted by Crippen LogP contribution is -2.24. The van der Waals surface area contributed by atoms with Gasteiger partial charge in [-0.1, -0.05) is 0 Å². The van der Waals surface area contributed by atoms with Gasteiger partial charge in [-0.15, -0.1) is 11.3 Å². The highest BCUT2D eigenvalue weighted by atomic mass is 32.1. The highest BCUT2D eigenvalue weighted by Crippen LogP contribution is 2.11. The van der Waals surface area contributed by atoms with E-state index < -0.39 is 11.9 Å². The first-order valence-electron chi connectivity index (χ1n) is 5.24. The molecule has 2 rings (SSSR count). The lowest BCUT2D eigenvalue weighted by atomic mass is 10.3. The van der Waals surface area contributed by atoms with Crippen LogP contribution in [-0.4, -0.2) is 27.0 Å². The number of nitrogen functional groups attached to an aromatic ring is 1. The van der Waals surface area contributed by atoms with Gasteiger partial charge >= 0.3 is 5.97 Å². The highest BCUT2D eigenvalue weighted by Gasteiger charge is 2.12. The number of thiazole rings is 1. The average Bonchev–Trinajstić information content (AvgIpc) is 2.85. The molecular formula is C11H10N4O3S. The summed E-state index contributed by atoms with van der Waals surface area (Å²) in [5, 5.41) is 13.2. The molecule has 7 nitrogen and oxygen atoms in total. The van der Waals surface area contributed by atoms with Crippen molar-refractivity contribution in [3.8, 4) is 0 Å². The Labute approximate surface area is 112 Å². The summed E-state index contributed by atoms with van der Waals surface area (Å²) in [6.07, 6.45) is 1.47. The number of hydrogen-bond acceptors (Lipinski definition) is 6. The fourth-order valence-corrected chi connectivity index (χ4v) is 2.05. The summed E-state index contributed by atoms with van der Waals surface area (Å²) in [4.78, 5) is 30.2. The minimum Gasteiger partial charge on any atom is -0.476 e. The van der Waals surface area contributed by atoms with Crippen LogP contribution in [0.3, 0.4) is 0 Å². The predicted octanol–water partition coefficient (Wildman–Crippen LogP) is 0.748. The SMILES string of the molecule is Nc1cccnc1C(=O)NCc1nc(C(=O)O)cs1. The van der Waals surface area contributed by atoms with Gasteiger partial charge in [0.2, 0.25) is 0 Å². The maximum absolute atomic E-state index is 11.8. The van der Waals surface area contributed by atoms with Crippen LogP contribution in [0.15, 0.2) is 23.7 Å². The molecule has 0 saturated carbocycles. The third-order valence-corrected chi connectivity index (χ3v) is 3.07. The summed E-state index contributed by atoms with van der Waals surface area (Å²) in [6.45, 7) is 0.132. The number of aromatic carboxylic acids is 1. The van der Waals surface area contributed by atoms with Crippen molar-refractivity contribution in [1.29, 1.82) is 0 Å². The number of hydrogen-bond donors (Lipinski definition) is 3. The van der Waals surface area contributed by atoms with Crippen LogP contribution in [0, 0.1) is 0 Å². The van der Waals surface area contributed by atoms with Crippen molar-refractivity contribution in [3.05, 3.63) is 40.1 Å². The second-order valence-electron chi connectivity index (χ2n) is 3.56. The maximum Gasteiger partial charge on any atom is 0.355 e. The fourth-order valence-electron chi connectivity index (χ4n) is 1.34. The van der Waals surface area contributed by atoms with Crippen LogP contribution in [0.2, 0.25) is 0 Å². The third-order valence-electron chi connectivity index (χ3n) is 2.23. The van der Waals surface area contributed by atoms with Crippen LogP contribution < -0.4 is 11.1 Å². The number of nitrogens with zero attached hydrogens (tertiary/aromatic N) is 2. The fraction of sp³-hybridized carbons (Fsp3) is 0.0909. The molecule has 0 aliphatic rings. The van der Waals surface area contributed by atoms with E-state index in [0.29, 0.717) is 5.01 Å². The summed E-state index contributed by atoms with van der Waals surface area (Å²) >= 11 is 1.16. The number of nitrogens with two attached hydrogens (primary N) is 1. The quantitative estimate of drug-likeness (QED) is 0.759. The molecule has 0 saturated heterocycles. The van der Waals surface area contributed by atoms with Gasteiger partial charge in [-0.05, 0) is 12.1 Å². The van der Waals surface area contributed by atoms with Gasteiger partial charge in [0.15, 0.2) is 11.4 Å². The van der Waals surface area contributed by atoms with Crippen molar-refractivity contribution in [3.63, 3.8) is 0 Å². The van der Waals surface area contributed by atoms with Crippen LogP contribution in [-0.2, 0) is 6.54 Å². The summed E-state index contributed by atoms with van der Waals surface area (Å²) < 4.78 is 0. The predicted molar refractivity (Wildman–Crippen MR) is 68.9 cm³/mol. The number of carbonyl (C=O) groups is 2. The average molecular weight is 278 g/mol. The first-order valence-corrected chi connectivity index (χ1v) is 6.12. The molecule has 2 heterocycles. The molecule has 0 aromatic carbocycles. The number of anilines is 1. The molecule has 0 spiro atoms. The molecule has 0 radical (unpaired) electrons. The standard InChI is InChI=1S/C11H10N4O3S/c12-6-2-1-3-13-9(6)10(16)14-4-8-15-7(5-19-8)11(17)18/h1-3,5H,4,12H2,(H,14,16)(H,17,18). The summed E-state index contributed by atoms with van der Waals surface area (Å²) in [5.74, 6) is -1.52. The van der Waals surface area contributed by atoms with E-state index in [2.05, 4.69) is 15.3 Å². The Morgan fingerprint density at radius 1 is 1.47 bits per heavy atom. The molecule has 2 aromatic heterocycles. The van der Waals surface area contributed by atoms with E-state index in [0.717, 1.165) is 11.3 Å². The second-order valence-corrected chi connectivity index (χ2v) is 4.50. The van der Waals surface area contributed by atoms with Crippen LogP contribution >= 0.6 is 11.3 Å². The number of carbonyl (C=O) groups excluding carboxylic acids is 1. The zero-order valence-electron chi connectivity index (χ0n) is 9.66. The largest absolute Gasteiger partial charge is 0.476 e. The molecule has 0 aliphatic heterocycles. The lowest BCUT2D eigenvalue weighted by Gasteiger charge is -2.04. The van der Waals surface area contributed by atoms with Crippen LogP contribution in [0.1, 0.15) is 26.0 Å². The van der Waals surface area contributed by atoms with E-state index in [9.17, 15) is 9.59 Å².